The summed E-state index contributed by atoms with van der Waals surface area (Å²) < 4.78 is 2.40. The Kier molecular flexibility index (Phi) is 13.9. The highest BCUT2D eigenvalue weighted by Crippen LogP contribution is 2.43. The van der Waals surface area contributed by atoms with Crippen LogP contribution < -0.4 is 19.6 Å². The monoisotopic (exact) mass is 931 g/mol. The molecule has 10 rings (SSSR count). The van der Waals surface area contributed by atoms with E-state index in [1.54, 1.807) is 6.08 Å². The minimum atomic E-state index is 0.784. The summed E-state index contributed by atoms with van der Waals surface area (Å²) in [4.78, 5) is 9.26. The van der Waals surface area contributed by atoms with Gasteiger partial charge in [0.25, 0.3) is 0 Å². The summed E-state index contributed by atoms with van der Waals surface area (Å²) in [5, 5.41) is 1.16. The topological polar surface area (TPSA) is 17.9 Å². The maximum atomic E-state index is 4.15. The van der Waals surface area contributed by atoms with Gasteiger partial charge in [0.1, 0.15) is 0 Å². The fourth-order valence-electron chi connectivity index (χ4n) is 9.72. The first kappa shape index (κ1) is 46.4. The number of nitrogens with zero attached hydrogens (tertiary/aromatic N) is 5. The molecule has 0 amide bonds. The summed E-state index contributed by atoms with van der Waals surface area (Å²) in [6.45, 7) is 12.6. The second-order valence-electron chi connectivity index (χ2n) is 17.4. The summed E-state index contributed by atoms with van der Waals surface area (Å²) >= 11 is 0. The van der Waals surface area contributed by atoms with Gasteiger partial charge in [-0.25, -0.2) is 0 Å². The highest BCUT2D eigenvalue weighted by atomic mass is 15.2. The quantitative estimate of drug-likeness (QED) is 0.0846. The van der Waals surface area contributed by atoms with E-state index in [1.165, 1.54) is 5.70 Å². The number of allylic oxidation sites excluding steroid dienone is 4. The van der Waals surface area contributed by atoms with E-state index in [0.717, 1.165) is 96.8 Å². The van der Waals surface area contributed by atoms with Gasteiger partial charge in [-0.2, -0.15) is 0 Å². The average Bonchev–Trinajstić information content (AvgIpc) is 3.72. The first-order valence-electron chi connectivity index (χ1n) is 24.6. The van der Waals surface area contributed by atoms with Gasteiger partial charge in [0.15, 0.2) is 0 Å². The van der Waals surface area contributed by atoms with Crippen LogP contribution in [0.5, 0.6) is 0 Å². The molecule has 0 unspecified atom stereocenters. The Labute approximate surface area is 424 Å². The Morgan fingerprint density at radius 1 is 0.431 bits per heavy atom. The van der Waals surface area contributed by atoms with Crippen molar-refractivity contribution in [1.29, 1.82) is 0 Å². The van der Waals surface area contributed by atoms with Crippen LogP contribution in [0.1, 0.15) is 24.6 Å². The molecule has 1 aromatic heterocycles. The largest absolute Gasteiger partial charge is 0.314 e. The Bertz CT molecular complexity index is 3420. The first-order valence-corrected chi connectivity index (χ1v) is 24.6. The molecule has 10 aromatic rings. The smallest absolute Gasteiger partial charge is 0.0539 e. The van der Waals surface area contributed by atoms with Gasteiger partial charge in [-0.15, -0.1) is 0 Å². The zero-order chi connectivity index (χ0) is 49.2. The number of hydrogen-bond acceptors (Lipinski definition) is 4. The van der Waals surface area contributed by atoms with Crippen LogP contribution in [0.25, 0.3) is 22.7 Å². The molecule has 0 aliphatic rings. The molecule has 0 N–H and O–H groups in total. The van der Waals surface area contributed by atoms with Crippen LogP contribution >= 0.6 is 0 Å². The molecular weight excluding hydrogens is 875 g/mol. The molecule has 9 aromatic carbocycles. The third-order valence-electron chi connectivity index (χ3n) is 13.0. The van der Waals surface area contributed by atoms with Gasteiger partial charge in [0.2, 0.25) is 0 Å². The summed E-state index contributed by atoms with van der Waals surface area (Å²) in [5.74, 6) is 0. The second-order valence-corrected chi connectivity index (χ2v) is 17.4. The number of aromatic nitrogens is 1. The number of fused-ring (bicyclic) bond motifs is 1. The van der Waals surface area contributed by atoms with Crippen LogP contribution in [0, 0.1) is 6.92 Å². The molecule has 1 heterocycles. The molecule has 0 bridgehead atoms. The molecule has 5 heteroatoms. The minimum absolute atomic E-state index is 0.784. The lowest BCUT2D eigenvalue weighted by Gasteiger charge is -2.29. The molecule has 0 fully saturated rings. The Hall–Kier alpha value is -9.32. The Balaban J connectivity index is 1.11. The van der Waals surface area contributed by atoms with Crippen LogP contribution in [0.4, 0.5) is 56.9 Å². The zero-order valence-electron chi connectivity index (χ0n) is 40.8. The summed E-state index contributed by atoms with van der Waals surface area (Å²) in [6.07, 6.45) is 8.86. The fraction of sp³-hybridized carbons (Fsp3) is 0.0448. The van der Waals surface area contributed by atoms with Crippen molar-refractivity contribution in [3.8, 4) is 5.69 Å². The van der Waals surface area contributed by atoms with Crippen LogP contribution in [0.15, 0.2) is 292 Å². The van der Waals surface area contributed by atoms with Crippen LogP contribution in [0.3, 0.4) is 0 Å². The number of benzene rings is 9. The van der Waals surface area contributed by atoms with E-state index in [4.69, 9.17) is 0 Å². The summed E-state index contributed by atoms with van der Waals surface area (Å²) in [6, 6.07) is 88.2. The van der Waals surface area contributed by atoms with E-state index >= 15 is 0 Å². The van der Waals surface area contributed by atoms with E-state index in [1.807, 2.05) is 18.2 Å². The van der Waals surface area contributed by atoms with Crippen LogP contribution in [0.2, 0.25) is 0 Å². The lowest BCUT2D eigenvalue weighted by Crippen LogP contribution is -2.16. The van der Waals surface area contributed by atoms with Crippen molar-refractivity contribution in [2.45, 2.75) is 20.3 Å². The lowest BCUT2D eigenvalue weighted by molar-refractivity contribution is 1.02. The van der Waals surface area contributed by atoms with Gasteiger partial charge in [-0.05, 0) is 171 Å². The SMILES string of the molecule is C=C/C=C(\C=C)N(c1ccccc1)c1ccc(N(c2ccccc2)c2ccc3c(c2)c(/C=C(\CC)N(c2ccccc2)c2ccc(N(c4ccccc4)c4ccccc4)cc2)c(C)n3-c2ccccc2)cc1. The normalized spacial score (nSPS) is 11.5. The second kappa shape index (κ2) is 21.5. The molecular formula is C67H57N5. The highest BCUT2D eigenvalue weighted by Gasteiger charge is 2.22. The van der Waals surface area contributed by atoms with E-state index in [2.05, 4.69) is 300 Å². The molecule has 0 aliphatic heterocycles. The van der Waals surface area contributed by atoms with Crippen molar-refractivity contribution in [3.63, 3.8) is 0 Å². The first-order chi connectivity index (χ1) is 35.5. The molecule has 0 atom stereocenters. The molecule has 72 heavy (non-hydrogen) atoms. The molecule has 350 valence electrons. The van der Waals surface area contributed by atoms with Gasteiger partial charge in [-0.1, -0.05) is 135 Å². The molecule has 0 aliphatic carbocycles. The van der Waals surface area contributed by atoms with Crippen LogP contribution in [-0.4, -0.2) is 4.57 Å². The van der Waals surface area contributed by atoms with Crippen LogP contribution in [-0.2, 0) is 0 Å². The van der Waals surface area contributed by atoms with Gasteiger partial charge in [-0.3, -0.25) is 0 Å². The van der Waals surface area contributed by atoms with Crippen molar-refractivity contribution in [1.82, 2.24) is 4.57 Å². The van der Waals surface area contributed by atoms with Crippen molar-refractivity contribution < 1.29 is 0 Å². The van der Waals surface area contributed by atoms with Gasteiger partial charge >= 0.3 is 0 Å². The standard InChI is InChI=1S/C67H57N5/c1-5-26-52(6-2)69(55-29-16-9-17-30-55)60-39-45-63(46-40-60)72(59-37-24-13-25-38-59)64-47-48-67-66(50-64)65(51(4)68(67)54-27-14-8-15-28-54)49-53(7-3)70(56-31-18-10-19-32-56)61-41-43-62(44-42-61)71(57-33-20-11-21-34-57)58-35-22-12-23-36-58/h5-6,8-50H,1-2,7H2,3-4H3/b52-26+,53-49+. The molecule has 0 spiro atoms. The molecule has 0 radical (unpaired) electrons. The van der Waals surface area contributed by atoms with E-state index in [0.29, 0.717) is 0 Å². The van der Waals surface area contributed by atoms with Gasteiger partial charge in [0, 0.05) is 90.6 Å². The van der Waals surface area contributed by atoms with E-state index in [-0.39, 0.29) is 0 Å². The molecule has 0 saturated heterocycles. The third-order valence-corrected chi connectivity index (χ3v) is 13.0. The number of hydrogen-bond donors (Lipinski definition) is 0. The fourth-order valence-corrected chi connectivity index (χ4v) is 9.72. The summed E-state index contributed by atoms with van der Waals surface area (Å²) in [5.41, 5.74) is 17.3. The van der Waals surface area contributed by atoms with E-state index in [9.17, 15) is 0 Å². The predicted octanol–water partition coefficient (Wildman–Crippen LogP) is 18.9. The molecule has 0 saturated carbocycles. The Morgan fingerprint density at radius 2 is 0.792 bits per heavy atom. The summed E-state index contributed by atoms with van der Waals surface area (Å²) in [7, 11) is 0. The number of anilines is 10. The molecule has 5 nitrogen and oxygen atoms in total. The van der Waals surface area contributed by atoms with Crippen molar-refractivity contribution in [3.05, 3.63) is 303 Å². The zero-order valence-corrected chi connectivity index (χ0v) is 40.8. The third kappa shape index (κ3) is 9.52. The lowest BCUT2D eigenvalue weighted by atomic mass is 10.1. The number of para-hydroxylation sites is 6. The minimum Gasteiger partial charge on any atom is -0.314 e. The van der Waals surface area contributed by atoms with Crippen molar-refractivity contribution in [2.75, 3.05) is 19.6 Å². The average molecular weight is 932 g/mol. The highest BCUT2D eigenvalue weighted by molar-refractivity contribution is 5.97. The Morgan fingerprint density at radius 3 is 1.24 bits per heavy atom. The van der Waals surface area contributed by atoms with Gasteiger partial charge < -0.3 is 24.2 Å². The maximum absolute atomic E-state index is 4.15. The predicted molar refractivity (Wildman–Crippen MR) is 308 cm³/mol. The van der Waals surface area contributed by atoms with E-state index < -0.39 is 0 Å². The maximum Gasteiger partial charge on any atom is 0.0539 e. The van der Waals surface area contributed by atoms with Crippen molar-refractivity contribution in [2.24, 2.45) is 0 Å². The number of rotatable bonds is 17. The van der Waals surface area contributed by atoms with Crippen molar-refractivity contribution >= 4 is 73.9 Å². The van der Waals surface area contributed by atoms with Gasteiger partial charge in [0.05, 0.1) is 5.52 Å².